The number of hydrogen-bond donors (Lipinski definition) is 1. The molecule has 5 aliphatic heterocycles. The lowest BCUT2D eigenvalue weighted by molar-refractivity contribution is -0.136. The molecule has 2 bridgehead atoms. The largest absolute Gasteiger partial charge is 0.462 e. The third-order valence-corrected chi connectivity index (χ3v) is 13.4. The Kier molecular flexibility index (Phi) is 11.3. The molecule has 2 aromatic heterocycles. The highest BCUT2D eigenvalue weighted by molar-refractivity contribution is 6.23. The van der Waals surface area contributed by atoms with E-state index in [1.807, 2.05) is 62.1 Å². The van der Waals surface area contributed by atoms with Crippen molar-refractivity contribution < 1.29 is 37.8 Å². The SMILES string of the molecule is C#Cc1cccc2cccc(-c3ncc4c(N5CC6CCC(C5)N6C(=O)OC(C)(C)C)nc(OCCN5CCN(Cc6ccc7c(c6)C(=O)N(C6CCC(=O)NC6=O)C7=O)CC5)nc4c3F)c12. The van der Waals surface area contributed by atoms with Crippen molar-refractivity contribution in [3.05, 3.63) is 88.9 Å². The Bertz CT molecular complexity index is 2900. The molecule has 4 fully saturated rings. The zero-order valence-electron chi connectivity index (χ0n) is 37.6. The van der Waals surface area contributed by atoms with E-state index in [0.717, 1.165) is 60.3 Å². The van der Waals surface area contributed by atoms with Crippen LogP contribution in [0.1, 0.15) is 78.3 Å². The fourth-order valence-corrected chi connectivity index (χ4v) is 10.2. The molecule has 344 valence electrons. The number of halogens is 1. The molecule has 0 aliphatic carbocycles. The van der Waals surface area contributed by atoms with Gasteiger partial charge < -0.3 is 14.4 Å². The van der Waals surface area contributed by atoms with Crippen LogP contribution in [0.15, 0.2) is 60.8 Å². The summed E-state index contributed by atoms with van der Waals surface area (Å²) in [5, 5.41) is 4.24. The summed E-state index contributed by atoms with van der Waals surface area (Å²) in [7, 11) is 0. The molecule has 3 aromatic carbocycles. The van der Waals surface area contributed by atoms with Crippen molar-refractivity contribution in [1.29, 1.82) is 0 Å². The number of anilines is 1. The molecule has 0 radical (unpaired) electrons. The Balaban J connectivity index is 0.845. The summed E-state index contributed by atoms with van der Waals surface area (Å²) in [6.45, 7) is 10.8. The first-order chi connectivity index (χ1) is 32.2. The molecule has 7 heterocycles. The lowest BCUT2D eigenvalue weighted by Gasteiger charge is -2.42. The maximum absolute atomic E-state index is 17.1. The zero-order valence-corrected chi connectivity index (χ0v) is 37.6. The topological polar surface area (TPSA) is 171 Å². The van der Waals surface area contributed by atoms with Gasteiger partial charge in [-0.05, 0) is 69.2 Å². The van der Waals surface area contributed by atoms with E-state index in [4.69, 9.17) is 20.9 Å². The number of hydrogen-bond acceptors (Lipinski definition) is 13. The van der Waals surface area contributed by atoms with Crippen LogP contribution in [0.3, 0.4) is 0 Å². The predicted octanol–water partition coefficient (Wildman–Crippen LogP) is 5.15. The van der Waals surface area contributed by atoms with Crippen LogP contribution in [0.5, 0.6) is 6.01 Å². The molecule has 4 saturated heterocycles. The van der Waals surface area contributed by atoms with Crippen LogP contribution in [0, 0.1) is 18.2 Å². The maximum atomic E-state index is 17.1. The minimum atomic E-state index is -1.01. The molecule has 1 N–H and O–H groups in total. The fourth-order valence-electron chi connectivity index (χ4n) is 10.2. The van der Waals surface area contributed by atoms with E-state index in [1.54, 1.807) is 24.4 Å². The van der Waals surface area contributed by atoms with Gasteiger partial charge in [-0.25, -0.2) is 9.18 Å². The molecule has 17 heteroatoms. The highest BCUT2D eigenvalue weighted by Crippen LogP contribution is 2.39. The molecule has 10 rings (SSSR count). The second kappa shape index (κ2) is 17.3. The molecular formula is C50H50FN9O7. The maximum Gasteiger partial charge on any atom is 0.410 e. The molecule has 67 heavy (non-hydrogen) atoms. The quantitative estimate of drug-likeness (QED) is 0.152. The number of terminal acetylenes is 1. The average molecular weight is 908 g/mol. The van der Waals surface area contributed by atoms with Crippen molar-refractivity contribution in [1.82, 2.24) is 39.9 Å². The number of aromatic nitrogens is 3. The van der Waals surface area contributed by atoms with Gasteiger partial charge in [0.15, 0.2) is 5.82 Å². The number of ether oxygens (including phenoxy) is 2. The normalized spacial score (nSPS) is 21.2. The molecule has 5 aliphatic rings. The number of nitrogens with one attached hydrogen (secondary N) is 1. The molecule has 3 atom stereocenters. The van der Waals surface area contributed by atoms with E-state index in [-0.39, 0.29) is 66.0 Å². The van der Waals surface area contributed by atoms with Gasteiger partial charge in [-0.1, -0.05) is 42.3 Å². The van der Waals surface area contributed by atoms with Gasteiger partial charge in [0.05, 0.1) is 28.6 Å². The Hall–Kier alpha value is -7.03. The first-order valence-electron chi connectivity index (χ1n) is 22.8. The van der Waals surface area contributed by atoms with Gasteiger partial charge in [0.25, 0.3) is 11.8 Å². The summed E-state index contributed by atoms with van der Waals surface area (Å²) in [5.41, 5.74) is 2.09. The van der Waals surface area contributed by atoms with Crippen molar-refractivity contribution in [3.8, 4) is 29.6 Å². The monoisotopic (exact) mass is 907 g/mol. The van der Waals surface area contributed by atoms with Gasteiger partial charge in [-0.3, -0.25) is 49.1 Å². The summed E-state index contributed by atoms with van der Waals surface area (Å²) in [5.74, 6) is 0.484. The van der Waals surface area contributed by atoms with E-state index in [2.05, 4.69) is 35.9 Å². The van der Waals surface area contributed by atoms with Crippen LogP contribution in [-0.4, -0.2) is 140 Å². The number of piperazine rings is 2. The summed E-state index contributed by atoms with van der Waals surface area (Å²) >= 11 is 0. The molecule has 0 spiro atoms. The number of imide groups is 2. The predicted molar refractivity (Wildman–Crippen MR) is 246 cm³/mol. The average Bonchev–Trinajstić information content (AvgIpc) is 3.72. The molecule has 3 unspecified atom stereocenters. The van der Waals surface area contributed by atoms with Crippen LogP contribution in [0.4, 0.5) is 15.0 Å². The van der Waals surface area contributed by atoms with Crippen LogP contribution in [0.25, 0.3) is 32.9 Å². The Labute approximate surface area is 386 Å². The number of amides is 5. The van der Waals surface area contributed by atoms with Crippen molar-refractivity contribution in [3.63, 3.8) is 0 Å². The van der Waals surface area contributed by atoms with Gasteiger partial charge in [-0.2, -0.15) is 9.97 Å². The van der Waals surface area contributed by atoms with Crippen LogP contribution in [-0.2, 0) is 20.9 Å². The second-order valence-electron chi connectivity index (χ2n) is 18.8. The van der Waals surface area contributed by atoms with Crippen molar-refractivity contribution in [2.45, 2.75) is 76.7 Å². The summed E-state index contributed by atoms with van der Waals surface area (Å²) < 4.78 is 29.2. The number of carbonyl (C=O) groups excluding carboxylic acids is 5. The van der Waals surface area contributed by atoms with Gasteiger partial charge >= 0.3 is 12.1 Å². The second-order valence-corrected chi connectivity index (χ2v) is 18.8. The van der Waals surface area contributed by atoms with E-state index >= 15 is 4.39 Å². The van der Waals surface area contributed by atoms with Gasteiger partial charge in [-0.15, -0.1) is 6.42 Å². The summed E-state index contributed by atoms with van der Waals surface area (Å²) in [6, 6.07) is 15.2. The first-order valence-corrected chi connectivity index (χ1v) is 22.8. The summed E-state index contributed by atoms with van der Waals surface area (Å²) in [4.78, 5) is 87.8. The minimum absolute atomic E-state index is 0.0298. The zero-order chi connectivity index (χ0) is 46.7. The number of pyridine rings is 1. The highest BCUT2D eigenvalue weighted by Gasteiger charge is 2.46. The number of rotatable bonds is 9. The molecule has 0 saturated carbocycles. The summed E-state index contributed by atoms with van der Waals surface area (Å²) in [6.07, 6.45) is 8.95. The number of nitrogens with zero attached hydrogens (tertiary/aromatic N) is 8. The molecule has 5 aromatic rings. The van der Waals surface area contributed by atoms with Crippen molar-refractivity contribution in [2.24, 2.45) is 0 Å². The third-order valence-electron chi connectivity index (χ3n) is 13.4. The molecular weight excluding hydrogens is 858 g/mol. The van der Waals surface area contributed by atoms with E-state index in [1.165, 1.54) is 0 Å². The Morgan fingerprint density at radius 2 is 1.61 bits per heavy atom. The van der Waals surface area contributed by atoms with Gasteiger partial charge in [0.2, 0.25) is 11.8 Å². The van der Waals surface area contributed by atoms with E-state index in [9.17, 15) is 24.0 Å². The van der Waals surface area contributed by atoms with Gasteiger partial charge in [0, 0.05) is 81.5 Å². The van der Waals surface area contributed by atoms with E-state index in [0.29, 0.717) is 48.5 Å². The van der Waals surface area contributed by atoms with Crippen LogP contribution >= 0.6 is 0 Å². The highest BCUT2D eigenvalue weighted by atomic mass is 19.1. The number of fused-ring (bicyclic) bond motifs is 5. The van der Waals surface area contributed by atoms with Crippen molar-refractivity contribution in [2.75, 3.05) is 57.3 Å². The third kappa shape index (κ3) is 8.29. The number of benzene rings is 3. The Morgan fingerprint density at radius 1 is 0.896 bits per heavy atom. The van der Waals surface area contributed by atoms with Crippen molar-refractivity contribution >= 4 is 57.2 Å². The minimum Gasteiger partial charge on any atom is -0.462 e. The Morgan fingerprint density at radius 3 is 2.33 bits per heavy atom. The number of carbonyl (C=O) groups is 5. The smallest absolute Gasteiger partial charge is 0.410 e. The van der Waals surface area contributed by atoms with Gasteiger partial charge in [0.1, 0.15) is 35.3 Å². The molecule has 5 amide bonds. The molecule has 16 nitrogen and oxygen atoms in total. The van der Waals surface area contributed by atoms with E-state index < -0.39 is 41.1 Å². The van der Waals surface area contributed by atoms with Crippen LogP contribution < -0.4 is 15.0 Å². The fraction of sp³-hybridized carbons (Fsp3) is 0.400. The van der Waals surface area contributed by atoms with Crippen LogP contribution in [0.2, 0.25) is 0 Å². The standard InChI is InChI=1S/C50H50FN9O7/c1-5-30-8-6-9-31-10-7-11-35(40(30)31)42-41(51)43-37(25-52-42)44(58-27-32-13-14-33(28-58)59(32)49(65)67-50(2,3)4)55-48(54-43)66-23-22-56-18-20-57(21-19-56)26-29-12-15-34-36(24-29)47(64)60(46(34)63)38-16-17-39(61)53-45(38)62/h1,6-12,15,24-25,32-33,38H,13-14,16-23,26-28H2,2-4H3,(H,53,61,62). The lowest BCUT2D eigenvalue weighted by Crippen LogP contribution is -2.57. The number of piperidine rings is 1. The first kappa shape index (κ1) is 43.8. The lowest BCUT2D eigenvalue weighted by atomic mass is 9.97.